The fourth-order valence-corrected chi connectivity index (χ4v) is 7.55. The molecule has 2 saturated heterocycles. The van der Waals surface area contributed by atoms with Gasteiger partial charge in [0.2, 0.25) is 0 Å². The Morgan fingerprint density at radius 1 is 0.750 bits per heavy atom. The van der Waals surface area contributed by atoms with Crippen molar-refractivity contribution in [1.82, 2.24) is 9.80 Å². The molecule has 2 aliphatic heterocycles. The molecule has 4 bridgehead atoms. The molecular formula is C21H36N2O. The predicted molar refractivity (Wildman–Crippen MR) is 96.8 cm³/mol. The standard InChI is InChI=1S/C21H36N2O/c24-14-15-3-6-22(7-4-15)20-2-1-5-23(13-20)21-18-9-16-8-17(11-18)12-19(21)10-16/h15-21,24H,1-14H2. The first-order valence-corrected chi connectivity index (χ1v) is 10.9. The minimum absolute atomic E-state index is 0.401. The number of likely N-dealkylation sites (tertiary alicyclic amines) is 2. The van der Waals surface area contributed by atoms with Gasteiger partial charge in [0, 0.05) is 25.2 Å². The summed E-state index contributed by atoms with van der Waals surface area (Å²) in [5, 5.41) is 9.39. The van der Waals surface area contributed by atoms with E-state index in [0.29, 0.717) is 12.5 Å². The van der Waals surface area contributed by atoms with Gasteiger partial charge in [0.05, 0.1) is 0 Å². The summed E-state index contributed by atoms with van der Waals surface area (Å²) < 4.78 is 0. The summed E-state index contributed by atoms with van der Waals surface area (Å²) >= 11 is 0. The van der Waals surface area contributed by atoms with Crippen LogP contribution in [0.15, 0.2) is 0 Å². The van der Waals surface area contributed by atoms with Gasteiger partial charge in [-0.25, -0.2) is 0 Å². The van der Waals surface area contributed by atoms with E-state index in [1.807, 2.05) is 0 Å². The van der Waals surface area contributed by atoms with Crippen LogP contribution in [0.2, 0.25) is 0 Å². The molecule has 6 rings (SSSR count). The Balaban J connectivity index is 1.23. The molecule has 0 radical (unpaired) electrons. The SMILES string of the molecule is OCC1CCN(C2CCCN(C3C4CC5CC(C4)CC3C5)C2)CC1. The van der Waals surface area contributed by atoms with Gasteiger partial charge in [0.1, 0.15) is 0 Å². The van der Waals surface area contributed by atoms with Gasteiger partial charge in [-0.3, -0.25) is 9.80 Å². The van der Waals surface area contributed by atoms with Gasteiger partial charge in [-0.15, -0.1) is 0 Å². The minimum atomic E-state index is 0.401. The van der Waals surface area contributed by atoms with Crippen molar-refractivity contribution in [2.24, 2.45) is 29.6 Å². The molecule has 3 nitrogen and oxygen atoms in total. The number of aliphatic hydroxyl groups is 1. The topological polar surface area (TPSA) is 26.7 Å². The lowest BCUT2D eigenvalue weighted by Crippen LogP contribution is -2.60. The third-order valence-corrected chi connectivity index (χ3v) is 8.45. The normalized spacial score (nSPS) is 47.4. The van der Waals surface area contributed by atoms with Crippen molar-refractivity contribution in [3.63, 3.8) is 0 Å². The largest absolute Gasteiger partial charge is 0.396 e. The van der Waals surface area contributed by atoms with E-state index in [1.54, 1.807) is 32.1 Å². The molecule has 0 aromatic carbocycles. The van der Waals surface area contributed by atoms with Gasteiger partial charge < -0.3 is 5.11 Å². The molecule has 1 N–H and O–H groups in total. The fraction of sp³-hybridized carbons (Fsp3) is 1.00. The third-order valence-electron chi connectivity index (χ3n) is 8.45. The minimum Gasteiger partial charge on any atom is -0.396 e. The predicted octanol–water partition coefficient (Wildman–Crippen LogP) is 2.98. The van der Waals surface area contributed by atoms with Crippen molar-refractivity contribution in [2.75, 3.05) is 32.8 Å². The average molecular weight is 333 g/mol. The van der Waals surface area contributed by atoms with E-state index < -0.39 is 0 Å². The molecular weight excluding hydrogens is 296 g/mol. The molecule has 24 heavy (non-hydrogen) atoms. The van der Waals surface area contributed by atoms with Crippen LogP contribution in [0.25, 0.3) is 0 Å². The van der Waals surface area contributed by atoms with Crippen molar-refractivity contribution in [2.45, 2.75) is 69.9 Å². The third kappa shape index (κ3) is 2.85. The van der Waals surface area contributed by atoms with Gasteiger partial charge >= 0.3 is 0 Å². The molecule has 1 unspecified atom stereocenters. The zero-order valence-corrected chi connectivity index (χ0v) is 15.3. The summed E-state index contributed by atoms with van der Waals surface area (Å²) in [7, 11) is 0. The molecule has 1 atom stereocenters. The van der Waals surface area contributed by atoms with Crippen LogP contribution in [0.1, 0.15) is 57.8 Å². The van der Waals surface area contributed by atoms with Gasteiger partial charge in [-0.1, -0.05) is 0 Å². The molecule has 2 heterocycles. The zero-order chi connectivity index (χ0) is 16.1. The van der Waals surface area contributed by atoms with Crippen molar-refractivity contribution < 1.29 is 5.11 Å². The quantitative estimate of drug-likeness (QED) is 0.861. The van der Waals surface area contributed by atoms with Crippen LogP contribution in [0, 0.1) is 29.6 Å². The molecule has 4 aliphatic carbocycles. The van der Waals surface area contributed by atoms with Gasteiger partial charge in [0.25, 0.3) is 0 Å². The molecule has 0 aromatic heterocycles. The van der Waals surface area contributed by atoms with Crippen LogP contribution in [0.3, 0.4) is 0 Å². The Labute approximate surface area is 147 Å². The summed E-state index contributed by atoms with van der Waals surface area (Å²) in [4.78, 5) is 5.73. The van der Waals surface area contributed by atoms with E-state index in [-0.39, 0.29) is 0 Å². The number of hydrogen-bond acceptors (Lipinski definition) is 3. The molecule has 3 heteroatoms. The maximum Gasteiger partial charge on any atom is 0.0460 e. The monoisotopic (exact) mass is 332 g/mol. The highest BCUT2D eigenvalue weighted by Gasteiger charge is 2.50. The van der Waals surface area contributed by atoms with Crippen LogP contribution in [0.5, 0.6) is 0 Å². The lowest BCUT2D eigenvalue weighted by molar-refractivity contribution is -0.0809. The fourth-order valence-electron chi connectivity index (χ4n) is 7.55. The van der Waals surface area contributed by atoms with E-state index in [2.05, 4.69) is 9.80 Å². The van der Waals surface area contributed by atoms with E-state index in [4.69, 9.17) is 0 Å². The van der Waals surface area contributed by atoms with Crippen LogP contribution in [-0.4, -0.2) is 59.8 Å². The lowest BCUT2D eigenvalue weighted by Gasteiger charge is -2.58. The second kappa shape index (κ2) is 6.55. The van der Waals surface area contributed by atoms with E-state index >= 15 is 0 Å². The van der Waals surface area contributed by atoms with E-state index in [1.165, 1.54) is 51.9 Å². The summed E-state index contributed by atoms with van der Waals surface area (Å²) in [5.41, 5.74) is 0. The molecule has 0 amide bonds. The lowest BCUT2D eigenvalue weighted by atomic mass is 9.53. The Morgan fingerprint density at radius 2 is 1.42 bits per heavy atom. The number of aliphatic hydroxyl groups excluding tert-OH is 1. The maximum absolute atomic E-state index is 9.39. The summed E-state index contributed by atoms with van der Waals surface area (Å²) in [6.45, 7) is 5.57. The number of hydrogen-bond donors (Lipinski definition) is 1. The van der Waals surface area contributed by atoms with Crippen LogP contribution in [0.4, 0.5) is 0 Å². The van der Waals surface area contributed by atoms with Crippen molar-refractivity contribution >= 4 is 0 Å². The first-order valence-electron chi connectivity index (χ1n) is 10.9. The van der Waals surface area contributed by atoms with Crippen molar-refractivity contribution in [3.8, 4) is 0 Å². The van der Waals surface area contributed by atoms with Gasteiger partial charge in [0.15, 0.2) is 0 Å². The maximum atomic E-state index is 9.39. The highest BCUT2D eigenvalue weighted by molar-refractivity contribution is 5.03. The molecule has 0 spiro atoms. The molecule has 6 aliphatic rings. The van der Waals surface area contributed by atoms with E-state index in [9.17, 15) is 5.11 Å². The highest BCUT2D eigenvalue weighted by Crippen LogP contribution is 2.55. The first-order chi connectivity index (χ1) is 11.8. The van der Waals surface area contributed by atoms with Crippen LogP contribution in [-0.2, 0) is 0 Å². The summed E-state index contributed by atoms with van der Waals surface area (Å²) in [5.74, 6) is 4.86. The second-order valence-corrected chi connectivity index (χ2v) is 9.87. The first kappa shape index (κ1) is 16.1. The van der Waals surface area contributed by atoms with Gasteiger partial charge in [-0.05, 0) is 107 Å². The van der Waals surface area contributed by atoms with Crippen molar-refractivity contribution in [3.05, 3.63) is 0 Å². The van der Waals surface area contributed by atoms with Crippen LogP contribution < -0.4 is 0 Å². The second-order valence-electron chi connectivity index (χ2n) is 9.87. The number of rotatable bonds is 3. The summed E-state index contributed by atoms with van der Waals surface area (Å²) in [6, 6.07) is 1.74. The zero-order valence-electron chi connectivity index (χ0n) is 15.3. The van der Waals surface area contributed by atoms with Crippen LogP contribution >= 0.6 is 0 Å². The Kier molecular flexibility index (Phi) is 4.39. The number of nitrogens with zero attached hydrogens (tertiary/aromatic N) is 2. The molecule has 136 valence electrons. The Bertz CT molecular complexity index is 417. The number of piperidine rings is 2. The van der Waals surface area contributed by atoms with Gasteiger partial charge in [-0.2, -0.15) is 0 Å². The Hall–Kier alpha value is -0.120. The van der Waals surface area contributed by atoms with Crippen molar-refractivity contribution in [1.29, 1.82) is 0 Å². The summed E-state index contributed by atoms with van der Waals surface area (Å²) in [6.07, 6.45) is 13.0. The molecule has 0 aromatic rings. The van der Waals surface area contributed by atoms with E-state index in [0.717, 1.165) is 35.8 Å². The Morgan fingerprint density at radius 3 is 2.04 bits per heavy atom. The molecule has 4 saturated carbocycles. The molecule has 6 fully saturated rings. The average Bonchev–Trinajstić information content (AvgIpc) is 2.61. The highest BCUT2D eigenvalue weighted by atomic mass is 16.3. The smallest absolute Gasteiger partial charge is 0.0460 e.